The predicted molar refractivity (Wildman–Crippen MR) is 113 cm³/mol. The first-order chi connectivity index (χ1) is 13.7. The van der Waals surface area contributed by atoms with Gasteiger partial charge in [0, 0.05) is 18.3 Å². The third kappa shape index (κ3) is 5.61. The van der Waals surface area contributed by atoms with Crippen molar-refractivity contribution in [2.75, 3.05) is 30.9 Å². The van der Waals surface area contributed by atoms with Crippen molar-refractivity contribution in [3.05, 3.63) is 66.0 Å². The molecule has 28 heavy (non-hydrogen) atoms. The van der Waals surface area contributed by atoms with E-state index in [2.05, 4.69) is 26.7 Å². The van der Waals surface area contributed by atoms with Crippen LogP contribution in [0.3, 0.4) is 0 Å². The molecule has 0 aliphatic carbocycles. The normalized spacial score (nSPS) is 10.4. The maximum Gasteiger partial charge on any atom is 0.136 e. The molecule has 0 atom stereocenters. The number of nitrogens with zero attached hydrogens (tertiary/aromatic N) is 2. The summed E-state index contributed by atoms with van der Waals surface area (Å²) in [5.41, 5.74) is 2.16. The van der Waals surface area contributed by atoms with Crippen LogP contribution in [0, 0.1) is 6.92 Å². The topological polar surface area (TPSA) is 68.3 Å². The Balaban J connectivity index is 1.60. The first-order valence-corrected chi connectivity index (χ1v) is 9.38. The minimum Gasteiger partial charge on any atom is -0.497 e. The zero-order valence-corrected chi connectivity index (χ0v) is 16.5. The van der Waals surface area contributed by atoms with Crippen molar-refractivity contribution >= 4 is 17.3 Å². The lowest BCUT2D eigenvalue weighted by Crippen LogP contribution is -2.08. The first kappa shape index (κ1) is 19.5. The van der Waals surface area contributed by atoms with E-state index in [1.165, 1.54) is 5.56 Å². The highest BCUT2D eigenvalue weighted by atomic mass is 16.5. The van der Waals surface area contributed by atoms with Crippen LogP contribution in [-0.2, 0) is 6.42 Å². The van der Waals surface area contributed by atoms with Crippen LogP contribution in [0.2, 0.25) is 0 Å². The summed E-state index contributed by atoms with van der Waals surface area (Å²) in [5, 5.41) is 6.69. The van der Waals surface area contributed by atoms with Crippen LogP contribution >= 0.6 is 0 Å². The average molecular weight is 378 g/mol. The molecular weight excluding hydrogens is 352 g/mol. The molecule has 2 aromatic carbocycles. The third-order valence-corrected chi connectivity index (χ3v) is 4.13. The molecule has 1 aromatic heterocycles. The van der Waals surface area contributed by atoms with Gasteiger partial charge >= 0.3 is 0 Å². The summed E-state index contributed by atoms with van der Waals surface area (Å²) in [4.78, 5) is 8.94. The molecular formula is C22H26N4O2. The highest BCUT2D eigenvalue weighted by molar-refractivity contribution is 5.60. The first-order valence-electron chi connectivity index (χ1n) is 9.38. The van der Waals surface area contributed by atoms with Crippen LogP contribution in [0.1, 0.15) is 18.3 Å². The Hall–Kier alpha value is -3.28. The van der Waals surface area contributed by atoms with Gasteiger partial charge in [-0.05, 0) is 62.2 Å². The molecule has 0 saturated heterocycles. The van der Waals surface area contributed by atoms with Gasteiger partial charge in [-0.15, -0.1) is 0 Å². The molecule has 0 aliphatic rings. The quantitative estimate of drug-likeness (QED) is 0.568. The van der Waals surface area contributed by atoms with E-state index in [4.69, 9.17) is 9.47 Å². The van der Waals surface area contributed by atoms with Crippen molar-refractivity contribution in [3.63, 3.8) is 0 Å². The van der Waals surface area contributed by atoms with Crippen LogP contribution in [0.15, 0.2) is 54.6 Å². The molecule has 146 valence electrons. The summed E-state index contributed by atoms with van der Waals surface area (Å²) < 4.78 is 10.7. The van der Waals surface area contributed by atoms with Gasteiger partial charge < -0.3 is 20.1 Å². The van der Waals surface area contributed by atoms with Gasteiger partial charge in [0.1, 0.15) is 29.0 Å². The number of aromatic nitrogens is 2. The lowest BCUT2D eigenvalue weighted by molar-refractivity contribution is 0.340. The maximum absolute atomic E-state index is 5.47. The van der Waals surface area contributed by atoms with E-state index in [1.807, 2.05) is 62.4 Å². The molecule has 0 aliphatic heterocycles. The van der Waals surface area contributed by atoms with E-state index in [-0.39, 0.29) is 0 Å². The Morgan fingerprint density at radius 1 is 0.929 bits per heavy atom. The van der Waals surface area contributed by atoms with Crippen molar-refractivity contribution in [1.29, 1.82) is 0 Å². The van der Waals surface area contributed by atoms with Crippen LogP contribution in [0.5, 0.6) is 11.5 Å². The van der Waals surface area contributed by atoms with Gasteiger partial charge in [-0.25, -0.2) is 9.97 Å². The van der Waals surface area contributed by atoms with E-state index >= 15 is 0 Å². The lowest BCUT2D eigenvalue weighted by Gasteiger charge is -2.11. The number of rotatable bonds is 9. The maximum atomic E-state index is 5.47. The molecule has 6 nitrogen and oxygen atoms in total. The number of aryl methyl sites for hydroxylation is 1. The van der Waals surface area contributed by atoms with E-state index in [0.717, 1.165) is 41.8 Å². The van der Waals surface area contributed by atoms with Crippen LogP contribution in [0.25, 0.3) is 0 Å². The molecule has 0 saturated carbocycles. The summed E-state index contributed by atoms with van der Waals surface area (Å²) in [6.45, 7) is 5.28. The Kier molecular flexibility index (Phi) is 6.68. The lowest BCUT2D eigenvalue weighted by atomic mass is 10.1. The van der Waals surface area contributed by atoms with Gasteiger partial charge in [-0.1, -0.05) is 12.1 Å². The Bertz CT molecular complexity index is 897. The minimum atomic E-state index is 0.655. The molecule has 0 bridgehead atoms. The molecule has 0 radical (unpaired) electrons. The molecule has 0 spiro atoms. The number of hydrogen-bond acceptors (Lipinski definition) is 6. The Labute approximate surface area is 166 Å². The van der Waals surface area contributed by atoms with Crippen molar-refractivity contribution in [2.45, 2.75) is 20.3 Å². The second-order valence-electron chi connectivity index (χ2n) is 6.30. The molecule has 0 unspecified atom stereocenters. The molecule has 3 aromatic rings. The standard InChI is InChI=1S/C22H26N4O2/c1-4-28-19-10-8-18(9-11-19)26-22-15-21(24-16(2)25-22)23-13-12-17-6-5-7-20(14-17)27-3/h5-11,14-15H,4,12-13H2,1-3H3,(H2,23,24,25,26). The molecule has 6 heteroatoms. The number of hydrogen-bond donors (Lipinski definition) is 2. The largest absolute Gasteiger partial charge is 0.497 e. The van der Waals surface area contributed by atoms with Gasteiger partial charge in [-0.3, -0.25) is 0 Å². The second-order valence-corrected chi connectivity index (χ2v) is 6.30. The average Bonchev–Trinajstić information content (AvgIpc) is 2.69. The monoisotopic (exact) mass is 378 g/mol. The Morgan fingerprint density at radius 2 is 1.71 bits per heavy atom. The number of benzene rings is 2. The second kappa shape index (κ2) is 9.60. The van der Waals surface area contributed by atoms with E-state index < -0.39 is 0 Å². The van der Waals surface area contributed by atoms with Crippen LogP contribution < -0.4 is 20.1 Å². The summed E-state index contributed by atoms with van der Waals surface area (Å²) >= 11 is 0. The summed E-state index contributed by atoms with van der Waals surface area (Å²) in [7, 11) is 1.68. The van der Waals surface area contributed by atoms with Crippen molar-refractivity contribution in [2.24, 2.45) is 0 Å². The fourth-order valence-electron chi connectivity index (χ4n) is 2.83. The van der Waals surface area contributed by atoms with Gasteiger partial charge in [0.15, 0.2) is 0 Å². The van der Waals surface area contributed by atoms with Crippen molar-refractivity contribution in [3.8, 4) is 11.5 Å². The highest BCUT2D eigenvalue weighted by Crippen LogP contribution is 2.21. The predicted octanol–water partition coefficient (Wildman–Crippen LogP) is 4.59. The fraction of sp³-hybridized carbons (Fsp3) is 0.273. The molecule has 0 amide bonds. The fourth-order valence-corrected chi connectivity index (χ4v) is 2.83. The Morgan fingerprint density at radius 3 is 2.46 bits per heavy atom. The summed E-state index contributed by atoms with van der Waals surface area (Å²) in [6.07, 6.45) is 0.877. The van der Waals surface area contributed by atoms with E-state index in [1.54, 1.807) is 7.11 Å². The van der Waals surface area contributed by atoms with Crippen molar-refractivity contribution < 1.29 is 9.47 Å². The minimum absolute atomic E-state index is 0.655. The molecule has 0 fully saturated rings. The molecule has 3 rings (SSSR count). The zero-order chi connectivity index (χ0) is 19.8. The highest BCUT2D eigenvalue weighted by Gasteiger charge is 2.04. The third-order valence-electron chi connectivity index (χ3n) is 4.13. The van der Waals surface area contributed by atoms with Gasteiger partial charge in [0.05, 0.1) is 13.7 Å². The van der Waals surface area contributed by atoms with Gasteiger partial charge in [0.25, 0.3) is 0 Å². The number of nitrogens with one attached hydrogen (secondary N) is 2. The summed E-state index contributed by atoms with van der Waals surface area (Å²) in [6, 6.07) is 17.8. The smallest absolute Gasteiger partial charge is 0.136 e. The van der Waals surface area contributed by atoms with Gasteiger partial charge in [0.2, 0.25) is 0 Å². The molecule has 1 heterocycles. The van der Waals surface area contributed by atoms with Crippen molar-refractivity contribution in [1.82, 2.24) is 9.97 Å². The van der Waals surface area contributed by atoms with E-state index in [0.29, 0.717) is 12.4 Å². The van der Waals surface area contributed by atoms with Crippen LogP contribution in [-0.4, -0.2) is 30.2 Å². The zero-order valence-electron chi connectivity index (χ0n) is 16.5. The summed E-state index contributed by atoms with van der Waals surface area (Å²) in [5.74, 6) is 3.98. The molecule has 2 N–H and O–H groups in total. The van der Waals surface area contributed by atoms with Crippen LogP contribution in [0.4, 0.5) is 17.3 Å². The number of ether oxygens (including phenoxy) is 2. The van der Waals surface area contributed by atoms with Gasteiger partial charge in [-0.2, -0.15) is 0 Å². The van der Waals surface area contributed by atoms with E-state index in [9.17, 15) is 0 Å². The number of methoxy groups -OCH3 is 1. The number of anilines is 3. The SMILES string of the molecule is CCOc1ccc(Nc2cc(NCCc3cccc(OC)c3)nc(C)n2)cc1.